The third-order valence-corrected chi connectivity index (χ3v) is 10.5. The van der Waals surface area contributed by atoms with Gasteiger partial charge in [0.15, 0.2) is 12.2 Å². The molecule has 0 spiro atoms. The molecule has 1 aliphatic rings. The van der Waals surface area contributed by atoms with Crippen molar-refractivity contribution in [3.05, 3.63) is 140 Å². The van der Waals surface area contributed by atoms with Crippen LogP contribution in [0, 0.1) is 23.5 Å². The van der Waals surface area contributed by atoms with E-state index < -0.39 is 85.5 Å². The predicted molar refractivity (Wildman–Crippen MR) is 247 cm³/mol. The Bertz CT molecular complexity index is 2270. The van der Waals surface area contributed by atoms with Crippen molar-refractivity contribution in [2.75, 3.05) is 13.1 Å². The van der Waals surface area contributed by atoms with Crippen LogP contribution in [-0.2, 0) is 28.5 Å². The lowest BCUT2D eigenvalue weighted by Gasteiger charge is -2.21. The summed E-state index contributed by atoms with van der Waals surface area (Å²) < 4.78 is 38.6. The first-order valence-corrected chi connectivity index (χ1v) is 22.0. The van der Waals surface area contributed by atoms with Crippen molar-refractivity contribution >= 4 is 81.7 Å². The van der Waals surface area contributed by atoms with Gasteiger partial charge in [-0.3, -0.25) is 24.0 Å². The standard InChI is InChI=1S/C22H23BBrFN2O5.C14H19BBrFN2O4.C8H8O3/c1-13(2)10-18(23-31-20(22(30)32-23)14-6-4-3-5-7-14)27-19(28)12-26-21(29)16-11-15(25)8-9-17(16)24;1-8(2)5-12(15(22)23)19-13(20)7-18-14(21)10-6-9(17)3-4-11(10)16;9-7(8(10)11)6-4-2-1-3-5-6/h3-9,11,13,18,20H,10,12H2,1-2H3,(H,26,29)(H,27,28);3-4,6,8,12,22-23H,5,7H2,1-2H3,(H,18,21)(H,19,20);1-5,7,9H,(H,10,11)/t18-,20?;12-;/m00./s1. The molecule has 0 saturated carbocycles. The number of carbonyl (C=O) groups is 6. The second kappa shape index (κ2) is 27.2. The molecule has 1 saturated heterocycles. The molecule has 1 heterocycles. The number of carbonyl (C=O) groups excluding carboxylic acids is 5. The fourth-order valence-corrected chi connectivity index (χ4v) is 6.92. The number of hydrogen-bond donors (Lipinski definition) is 8. The van der Waals surface area contributed by atoms with Gasteiger partial charge in [0.2, 0.25) is 11.8 Å². The second-order valence-corrected chi connectivity index (χ2v) is 17.2. The third kappa shape index (κ3) is 18.4. The molecule has 0 bridgehead atoms. The summed E-state index contributed by atoms with van der Waals surface area (Å²) >= 11 is 6.32. The first-order valence-electron chi connectivity index (χ1n) is 20.4. The highest BCUT2D eigenvalue weighted by Gasteiger charge is 2.46. The van der Waals surface area contributed by atoms with Gasteiger partial charge in [0.25, 0.3) is 11.8 Å². The summed E-state index contributed by atoms with van der Waals surface area (Å²) in [5.74, 6) is -6.23. The molecule has 4 aromatic carbocycles. The minimum atomic E-state index is -1.69. The van der Waals surface area contributed by atoms with Gasteiger partial charge in [0.1, 0.15) is 11.6 Å². The van der Waals surface area contributed by atoms with Crippen LogP contribution >= 0.6 is 31.9 Å². The van der Waals surface area contributed by atoms with Gasteiger partial charge in [-0.15, -0.1) is 0 Å². The van der Waals surface area contributed by atoms with E-state index in [2.05, 4.69) is 53.1 Å². The molecule has 66 heavy (non-hydrogen) atoms. The van der Waals surface area contributed by atoms with Gasteiger partial charge >= 0.3 is 26.2 Å². The summed E-state index contributed by atoms with van der Waals surface area (Å²) in [6, 6.07) is 24.6. The molecule has 4 amide bonds. The number of rotatable bonds is 17. The van der Waals surface area contributed by atoms with Crippen molar-refractivity contribution < 1.29 is 67.1 Å². The Morgan fingerprint density at radius 2 is 1.20 bits per heavy atom. The molecule has 352 valence electrons. The van der Waals surface area contributed by atoms with E-state index in [9.17, 15) is 47.6 Å². The summed E-state index contributed by atoms with van der Waals surface area (Å²) in [5.41, 5.74) is 1.22. The van der Waals surface area contributed by atoms with E-state index in [0.717, 1.165) is 12.1 Å². The molecule has 1 aliphatic heterocycles. The Hall–Kier alpha value is -5.51. The smallest absolute Gasteiger partial charge is 0.506 e. The highest BCUT2D eigenvalue weighted by Crippen LogP contribution is 2.28. The minimum absolute atomic E-state index is 0.0683. The fraction of sp³-hybridized carbons (Fsp3) is 0.318. The zero-order valence-corrected chi connectivity index (χ0v) is 39.4. The van der Waals surface area contributed by atoms with E-state index in [4.69, 9.17) is 19.5 Å². The number of aliphatic hydroxyl groups is 1. The number of hydrogen-bond acceptors (Lipinski definition) is 11. The van der Waals surface area contributed by atoms with Crippen LogP contribution in [0.5, 0.6) is 0 Å². The van der Waals surface area contributed by atoms with Crippen LogP contribution < -0.4 is 21.3 Å². The maximum absolute atomic E-state index is 13.4. The van der Waals surface area contributed by atoms with Crippen LogP contribution in [0.2, 0.25) is 0 Å². The van der Waals surface area contributed by atoms with E-state index in [-0.39, 0.29) is 36.1 Å². The first-order chi connectivity index (χ1) is 31.2. The van der Waals surface area contributed by atoms with Gasteiger partial charge in [-0.1, -0.05) is 88.4 Å². The first kappa shape index (κ1) is 54.8. The Kier molecular flexibility index (Phi) is 22.6. The lowest BCUT2D eigenvalue weighted by atomic mass is 9.74. The third-order valence-electron chi connectivity index (χ3n) is 9.17. The van der Waals surface area contributed by atoms with Crippen molar-refractivity contribution in [3.63, 3.8) is 0 Å². The van der Waals surface area contributed by atoms with Crippen LogP contribution in [0.3, 0.4) is 0 Å². The molecule has 4 atom stereocenters. The van der Waals surface area contributed by atoms with E-state index in [1.54, 1.807) is 54.6 Å². The molecule has 0 aliphatic carbocycles. The van der Waals surface area contributed by atoms with Gasteiger partial charge in [-0.25, -0.2) is 13.6 Å². The highest BCUT2D eigenvalue weighted by atomic mass is 79.9. The average molecular weight is 1050 g/mol. The van der Waals surface area contributed by atoms with Gasteiger partial charge in [-0.2, -0.15) is 0 Å². The van der Waals surface area contributed by atoms with Crippen molar-refractivity contribution in [2.24, 2.45) is 11.8 Å². The molecule has 4 aromatic rings. The normalized spacial score (nSPS) is 14.3. The Morgan fingerprint density at radius 1 is 0.727 bits per heavy atom. The second-order valence-electron chi connectivity index (χ2n) is 15.5. The number of nitrogens with one attached hydrogen (secondary N) is 4. The molecule has 22 heteroatoms. The molecule has 5 rings (SSSR count). The Labute approximate surface area is 397 Å². The SMILES string of the molecule is CC(C)C[C@H](NC(=O)CNC(=O)c1cc(F)ccc1Br)B(O)O.CC(C)C[C@H](NC(=O)CNC(=O)c1cc(F)ccc1Br)B1OC(=O)C(c2ccccc2)O1.O=C(O)C(O)c1ccccc1. The summed E-state index contributed by atoms with van der Waals surface area (Å²) in [5, 5.41) is 45.9. The topological polar surface area (TPSA) is 250 Å². The Morgan fingerprint density at radius 3 is 1.65 bits per heavy atom. The zero-order valence-electron chi connectivity index (χ0n) is 36.3. The molecule has 0 radical (unpaired) electrons. The quantitative estimate of drug-likeness (QED) is 0.0661. The fourth-order valence-electron chi connectivity index (χ4n) is 6.07. The van der Waals surface area contributed by atoms with Crippen LogP contribution in [0.1, 0.15) is 84.6 Å². The molecule has 0 aromatic heterocycles. The number of aliphatic hydroxyl groups excluding tert-OH is 1. The predicted octanol–water partition coefficient (Wildman–Crippen LogP) is 4.86. The number of carboxylic acids is 1. The van der Waals surface area contributed by atoms with Crippen molar-refractivity contribution in [1.82, 2.24) is 21.3 Å². The number of halogens is 4. The van der Waals surface area contributed by atoms with Crippen LogP contribution in [-0.4, -0.2) is 95.0 Å². The van der Waals surface area contributed by atoms with Gasteiger partial charge in [-0.05, 0) is 104 Å². The van der Waals surface area contributed by atoms with E-state index >= 15 is 0 Å². The maximum atomic E-state index is 13.4. The molecular weight excluding hydrogens is 996 g/mol. The molecule has 1 fully saturated rings. The van der Waals surface area contributed by atoms with E-state index in [1.807, 2.05) is 33.8 Å². The summed E-state index contributed by atoms with van der Waals surface area (Å²) in [7, 11) is -2.64. The molecular formula is C44H50B2Br2F2N4O12. The van der Waals surface area contributed by atoms with Crippen LogP contribution in [0.15, 0.2) is 106 Å². The lowest BCUT2D eigenvalue weighted by molar-refractivity contribution is -0.147. The number of aliphatic carboxylic acids is 1. The average Bonchev–Trinajstić information content (AvgIpc) is 3.67. The molecule has 8 N–H and O–H groups in total. The number of benzene rings is 4. The monoisotopic (exact) mass is 1040 g/mol. The van der Waals surface area contributed by atoms with Crippen molar-refractivity contribution in [1.29, 1.82) is 0 Å². The lowest BCUT2D eigenvalue weighted by Crippen LogP contribution is -2.50. The van der Waals surface area contributed by atoms with E-state index in [0.29, 0.717) is 32.9 Å². The molecule has 2 unspecified atom stereocenters. The van der Waals surface area contributed by atoms with E-state index in [1.165, 1.54) is 24.3 Å². The summed E-state index contributed by atoms with van der Waals surface area (Å²) in [4.78, 5) is 71.1. The van der Waals surface area contributed by atoms with Gasteiger partial charge in [0.05, 0.1) is 36.1 Å². The Balaban J connectivity index is 0.000000295. The zero-order chi connectivity index (χ0) is 49.1. The molecule has 16 nitrogen and oxygen atoms in total. The van der Waals surface area contributed by atoms with Gasteiger partial charge < -0.3 is 50.8 Å². The van der Waals surface area contributed by atoms with Crippen molar-refractivity contribution in [2.45, 2.75) is 64.6 Å². The largest absolute Gasteiger partial charge is 0.552 e. The number of amides is 4. The highest BCUT2D eigenvalue weighted by molar-refractivity contribution is 9.10. The maximum Gasteiger partial charge on any atom is 0.552 e. The van der Waals surface area contributed by atoms with Crippen molar-refractivity contribution in [3.8, 4) is 0 Å². The summed E-state index contributed by atoms with van der Waals surface area (Å²) in [6.45, 7) is 7.00. The van der Waals surface area contributed by atoms with Gasteiger partial charge in [0, 0.05) is 8.95 Å². The van der Waals surface area contributed by atoms with Crippen LogP contribution in [0.25, 0.3) is 0 Å². The summed E-state index contributed by atoms with van der Waals surface area (Å²) in [6.07, 6.45) is -1.39. The van der Waals surface area contributed by atoms with Crippen LogP contribution in [0.4, 0.5) is 8.78 Å². The number of carboxylic acid groups (broad SMARTS) is 1. The minimum Gasteiger partial charge on any atom is -0.506 e.